The van der Waals surface area contributed by atoms with Crippen LogP contribution < -0.4 is 0 Å². The first-order chi connectivity index (χ1) is 12.9. The van der Waals surface area contributed by atoms with Gasteiger partial charge in [0.25, 0.3) is 0 Å². The maximum atomic E-state index is 13.6. The van der Waals surface area contributed by atoms with Crippen molar-refractivity contribution in [2.45, 2.75) is 12.4 Å². The van der Waals surface area contributed by atoms with E-state index in [0.29, 0.717) is 12.1 Å². The van der Waals surface area contributed by atoms with E-state index in [1.807, 2.05) is 0 Å². The van der Waals surface area contributed by atoms with E-state index in [2.05, 4.69) is 9.47 Å². The zero-order valence-electron chi connectivity index (χ0n) is 14.4. The van der Waals surface area contributed by atoms with Crippen molar-refractivity contribution in [2.24, 2.45) is 0 Å². The highest BCUT2D eigenvalue weighted by molar-refractivity contribution is 6.05. The molecule has 0 aromatic heterocycles. The van der Waals surface area contributed by atoms with Crippen molar-refractivity contribution in [3.05, 3.63) is 58.7 Å². The normalized spacial score (nSPS) is 11.9. The van der Waals surface area contributed by atoms with E-state index in [0.717, 1.165) is 38.5 Å². The van der Waals surface area contributed by atoms with Gasteiger partial charge in [-0.1, -0.05) is 12.1 Å². The maximum absolute atomic E-state index is 13.6. The second kappa shape index (κ2) is 7.53. The molecule has 0 radical (unpaired) electrons. The smallest absolute Gasteiger partial charge is 0.417 e. The van der Waals surface area contributed by atoms with Crippen molar-refractivity contribution >= 4 is 11.9 Å². The van der Waals surface area contributed by atoms with Crippen LogP contribution in [-0.2, 0) is 21.8 Å². The Labute approximate surface area is 154 Å². The van der Waals surface area contributed by atoms with Gasteiger partial charge >= 0.3 is 24.3 Å². The fourth-order valence-electron chi connectivity index (χ4n) is 2.68. The highest BCUT2D eigenvalue weighted by Crippen LogP contribution is 2.45. The number of carbonyl (C=O) groups excluding carboxylic acids is 2. The minimum Gasteiger partial charge on any atom is -0.465 e. The van der Waals surface area contributed by atoms with Gasteiger partial charge in [-0.15, -0.1) is 0 Å². The summed E-state index contributed by atoms with van der Waals surface area (Å²) in [5, 5.41) is 0. The molecule has 0 heterocycles. The van der Waals surface area contributed by atoms with Crippen molar-refractivity contribution in [1.29, 1.82) is 0 Å². The summed E-state index contributed by atoms with van der Waals surface area (Å²) in [6.45, 7) is 0. The van der Waals surface area contributed by atoms with Crippen LogP contribution >= 0.6 is 0 Å². The van der Waals surface area contributed by atoms with Gasteiger partial charge in [-0.2, -0.15) is 26.3 Å². The molecule has 0 saturated carbocycles. The second-order valence-electron chi connectivity index (χ2n) is 5.43. The third kappa shape index (κ3) is 3.95. The Kier molecular flexibility index (Phi) is 5.72. The van der Waals surface area contributed by atoms with Crippen molar-refractivity contribution in [3.8, 4) is 11.1 Å². The summed E-state index contributed by atoms with van der Waals surface area (Å²) < 4.78 is 90.3. The van der Waals surface area contributed by atoms with Gasteiger partial charge in [0.2, 0.25) is 0 Å². The average molecular weight is 406 g/mol. The fourth-order valence-corrected chi connectivity index (χ4v) is 2.68. The van der Waals surface area contributed by atoms with Gasteiger partial charge in [0.05, 0.1) is 36.5 Å². The highest BCUT2D eigenvalue weighted by Gasteiger charge is 2.42. The van der Waals surface area contributed by atoms with Crippen LogP contribution in [0.15, 0.2) is 36.4 Å². The summed E-state index contributed by atoms with van der Waals surface area (Å²) in [4.78, 5) is 24.0. The number of alkyl halides is 6. The molecule has 0 atom stereocenters. The lowest BCUT2D eigenvalue weighted by Crippen LogP contribution is -2.18. The van der Waals surface area contributed by atoms with Crippen molar-refractivity contribution < 1.29 is 45.4 Å². The molecular formula is C18H12F6O4. The highest BCUT2D eigenvalue weighted by atomic mass is 19.4. The van der Waals surface area contributed by atoms with Crippen LogP contribution in [0.1, 0.15) is 31.8 Å². The van der Waals surface area contributed by atoms with E-state index in [1.165, 1.54) is 0 Å². The van der Waals surface area contributed by atoms with E-state index < -0.39 is 57.7 Å². The minimum absolute atomic E-state index is 0.510. The summed E-state index contributed by atoms with van der Waals surface area (Å²) >= 11 is 0. The Morgan fingerprint density at radius 1 is 0.679 bits per heavy atom. The van der Waals surface area contributed by atoms with Crippen LogP contribution in [0.2, 0.25) is 0 Å². The molecule has 10 heteroatoms. The molecule has 150 valence electrons. The summed E-state index contributed by atoms with van der Waals surface area (Å²) in [6.07, 6.45) is -10.2. The molecule has 2 aromatic carbocycles. The standard InChI is InChI=1S/C18H12F6O4/c1-27-15(25)9-5-3-7-11(17(19,20)21)13(9)14-10(16(26)28-2)6-4-8-12(14)18(22,23)24/h3-8H,1-2H3. The quantitative estimate of drug-likeness (QED) is 0.534. The van der Waals surface area contributed by atoms with Crippen LogP contribution in [0.25, 0.3) is 11.1 Å². The summed E-state index contributed by atoms with van der Waals surface area (Å²) in [5.74, 6) is -2.59. The van der Waals surface area contributed by atoms with Crippen LogP contribution in [-0.4, -0.2) is 26.2 Å². The van der Waals surface area contributed by atoms with Crippen molar-refractivity contribution in [2.75, 3.05) is 14.2 Å². The largest absolute Gasteiger partial charge is 0.465 e. The van der Waals surface area contributed by atoms with E-state index in [4.69, 9.17) is 0 Å². The summed E-state index contributed by atoms with van der Waals surface area (Å²) in [7, 11) is 1.73. The molecule has 28 heavy (non-hydrogen) atoms. The molecule has 0 aliphatic heterocycles. The van der Waals surface area contributed by atoms with Crippen molar-refractivity contribution in [1.82, 2.24) is 0 Å². The molecule has 0 aliphatic rings. The fraction of sp³-hybridized carbons (Fsp3) is 0.222. The molecule has 2 rings (SSSR count). The summed E-state index contributed by atoms with van der Waals surface area (Å²) in [6, 6.07) is 4.49. The Bertz CT molecular complexity index is 840. The SMILES string of the molecule is COC(=O)c1cccc(C(F)(F)F)c1-c1c(C(=O)OC)cccc1C(F)(F)F. The first kappa shape index (κ1) is 21.3. The van der Waals surface area contributed by atoms with Crippen LogP contribution in [0.3, 0.4) is 0 Å². The number of esters is 2. The van der Waals surface area contributed by atoms with Gasteiger partial charge in [0.1, 0.15) is 0 Å². The van der Waals surface area contributed by atoms with Crippen LogP contribution in [0.4, 0.5) is 26.3 Å². The van der Waals surface area contributed by atoms with Crippen LogP contribution in [0.5, 0.6) is 0 Å². The molecule has 0 saturated heterocycles. The van der Waals surface area contributed by atoms with Crippen molar-refractivity contribution in [3.63, 3.8) is 0 Å². The zero-order chi connectivity index (χ0) is 21.3. The number of methoxy groups -OCH3 is 2. The Morgan fingerprint density at radius 2 is 1.00 bits per heavy atom. The van der Waals surface area contributed by atoms with Gasteiger partial charge in [-0.25, -0.2) is 9.59 Å². The lowest BCUT2D eigenvalue weighted by Gasteiger charge is -2.21. The Morgan fingerprint density at radius 3 is 1.25 bits per heavy atom. The summed E-state index contributed by atoms with van der Waals surface area (Å²) in [5.41, 5.74) is -6.85. The van der Waals surface area contributed by atoms with Gasteiger partial charge < -0.3 is 9.47 Å². The predicted octanol–water partition coefficient (Wildman–Crippen LogP) is 4.96. The zero-order valence-corrected chi connectivity index (χ0v) is 14.4. The van der Waals surface area contributed by atoms with Gasteiger partial charge in [-0.3, -0.25) is 0 Å². The molecule has 0 amide bonds. The number of carbonyl (C=O) groups is 2. The number of ether oxygens (including phenoxy) is 2. The predicted molar refractivity (Wildman–Crippen MR) is 84.6 cm³/mol. The Balaban J connectivity index is 3.10. The first-order valence-corrected chi connectivity index (χ1v) is 7.50. The minimum atomic E-state index is -5.12. The van der Waals surface area contributed by atoms with E-state index in [-0.39, 0.29) is 0 Å². The third-order valence-corrected chi connectivity index (χ3v) is 3.80. The topological polar surface area (TPSA) is 52.6 Å². The number of hydrogen-bond acceptors (Lipinski definition) is 4. The molecule has 0 spiro atoms. The number of rotatable bonds is 3. The third-order valence-electron chi connectivity index (χ3n) is 3.80. The molecule has 0 unspecified atom stereocenters. The van der Waals surface area contributed by atoms with Gasteiger partial charge in [0.15, 0.2) is 0 Å². The molecule has 0 aliphatic carbocycles. The van der Waals surface area contributed by atoms with E-state index in [1.54, 1.807) is 0 Å². The molecular weight excluding hydrogens is 394 g/mol. The number of halogens is 6. The van der Waals surface area contributed by atoms with E-state index >= 15 is 0 Å². The van der Waals surface area contributed by atoms with E-state index in [9.17, 15) is 35.9 Å². The monoisotopic (exact) mass is 406 g/mol. The molecule has 4 nitrogen and oxygen atoms in total. The second-order valence-corrected chi connectivity index (χ2v) is 5.43. The first-order valence-electron chi connectivity index (χ1n) is 7.50. The lowest BCUT2D eigenvalue weighted by atomic mass is 9.87. The Hall–Kier alpha value is -3.04. The lowest BCUT2D eigenvalue weighted by molar-refractivity contribution is -0.139. The number of hydrogen-bond donors (Lipinski definition) is 0. The average Bonchev–Trinajstić information content (AvgIpc) is 2.64. The molecule has 2 aromatic rings. The van der Waals surface area contributed by atoms with Gasteiger partial charge in [-0.05, 0) is 24.3 Å². The molecule has 0 N–H and O–H groups in total. The maximum Gasteiger partial charge on any atom is 0.417 e. The van der Waals surface area contributed by atoms with Crippen LogP contribution in [0, 0.1) is 0 Å². The number of benzene rings is 2. The van der Waals surface area contributed by atoms with Gasteiger partial charge in [0, 0.05) is 11.1 Å². The molecule has 0 bridgehead atoms. The molecule has 0 fully saturated rings.